The number of amides is 4. The maximum absolute atomic E-state index is 13.1. The summed E-state index contributed by atoms with van der Waals surface area (Å²) in [6.45, 7) is 2.25. The molecule has 0 radical (unpaired) electrons. The number of hydrogen-bond acceptors (Lipinski definition) is 3. The number of anilines is 1. The van der Waals surface area contributed by atoms with Crippen molar-refractivity contribution in [3.05, 3.63) is 65.7 Å². The Morgan fingerprint density at radius 3 is 2.52 bits per heavy atom. The molecule has 0 unspecified atom stereocenters. The topological polar surface area (TPSA) is 78.5 Å². The van der Waals surface area contributed by atoms with Crippen LogP contribution >= 0.6 is 0 Å². The van der Waals surface area contributed by atoms with Crippen molar-refractivity contribution in [3.63, 3.8) is 0 Å². The van der Waals surface area contributed by atoms with E-state index in [0.29, 0.717) is 12.0 Å². The van der Waals surface area contributed by atoms with Crippen molar-refractivity contribution in [3.8, 4) is 0 Å². The van der Waals surface area contributed by atoms with Gasteiger partial charge in [-0.2, -0.15) is 0 Å². The average molecular weight is 391 g/mol. The molecule has 2 N–H and O–H groups in total. The fraction of sp³-hybridized carbons (Fsp3) is 0.348. The van der Waals surface area contributed by atoms with Gasteiger partial charge in [0.15, 0.2) is 0 Å². The lowest BCUT2D eigenvalue weighted by Crippen LogP contribution is -2.53. The fourth-order valence-corrected chi connectivity index (χ4v) is 4.31. The summed E-state index contributed by atoms with van der Waals surface area (Å²) in [6, 6.07) is 15.9. The molecule has 6 nitrogen and oxygen atoms in total. The molecule has 2 atom stereocenters. The first-order chi connectivity index (χ1) is 14.0. The molecular formula is C23H25N3O3. The Kier molecular flexibility index (Phi) is 5.09. The van der Waals surface area contributed by atoms with Gasteiger partial charge in [-0.15, -0.1) is 0 Å². The second-order valence-corrected chi connectivity index (χ2v) is 7.96. The van der Waals surface area contributed by atoms with E-state index in [1.807, 2.05) is 37.3 Å². The van der Waals surface area contributed by atoms with Gasteiger partial charge >= 0.3 is 6.03 Å². The summed E-state index contributed by atoms with van der Waals surface area (Å²) in [5.41, 5.74) is 1.32. The second kappa shape index (κ2) is 7.70. The fourth-order valence-electron chi connectivity index (χ4n) is 4.31. The van der Waals surface area contributed by atoms with Crippen LogP contribution in [0.3, 0.4) is 0 Å². The predicted octanol–water partition coefficient (Wildman–Crippen LogP) is 3.94. The standard InChI is InChI=1S/C23H25N3O3/c1-16-7-5-6-14-23(16)21(28)26(22(29)25-23)15-17-10-12-18(13-11-17)20(27)24-19-8-3-2-4-9-19/h2-4,8-13,16H,5-7,14-15H2,1H3,(H,24,27)(H,25,29)/t16-,23+/m0/s1. The number of hydrogen-bond donors (Lipinski definition) is 2. The molecule has 1 aliphatic heterocycles. The molecule has 4 rings (SSSR count). The third-order valence-corrected chi connectivity index (χ3v) is 6.09. The van der Waals surface area contributed by atoms with Crippen molar-refractivity contribution >= 4 is 23.5 Å². The van der Waals surface area contributed by atoms with Gasteiger partial charge in [-0.1, -0.05) is 50.1 Å². The summed E-state index contributed by atoms with van der Waals surface area (Å²) in [4.78, 5) is 39.3. The van der Waals surface area contributed by atoms with Gasteiger partial charge in [-0.3, -0.25) is 14.5 Å². The Hall–Kier alpha value is -3.15. The van der Waals surface area contributed by atoms with Crippen LogP contribution < -0.4 is 10.6 Å². The minimum atomic E-state index is -0.745. The van der Waals surface area contributed by atoms with E-state index in [4.69, 9.17) is 0 Å². The Balaban J connectivity index is 1.44. The van der Waals surface area contributed by atoms with Gasteiger partial charge < -0.3 is 10.6 Å². The van der Waals surface area contributed by atoms with E-state index in [9.17, 15) is 14.4 Å². The van der Waals surface area contributed by atoms with E-state index in [-0.39, 0.29) is 30.3 Å². The zero-order valence-corrected chi connectivity index (χ0v) is 16.5. The summed E-state index contributed by atoms with van der Waals surface area (Å²) in [7, 11) is 0. The average Bonchev–Trinajstić information content (AvgIpc) is 2.96. The Labute approximate surface area is 170 Å². The molecule has 1 heterocycles. The monoisotopic (exact) mass is 391 g/mol. The molecule has 0 aromatic heterocycles. The molecule has 2 aromatic carbocycles. The van der Waals surface area contributed by atoms with E-state index in [1.165, 1.54) is 4.90 Å². The summed E-state index contributed by atoms with van der Waals surface area (Å²) >= 11 is 0. The first kappa shape index (κ1) is 19.2. The van der Waals surface area contributed by atoms with Crippen LogP contribution in [0.15, 0.2) is 54.6 Å². The first-order valence-electron chi connectivity index (χ1n) is 10.1. The zero-order valence-electron chi connectivity index (χ0n) is 16.5. The molecule has 1 spiro atoms. The Morgan fingerprint density at radius 2 is 1.83 bits per heavy atom. The highest BCUT2D eigenvalue weighted by molar-refractivity contribution is 6.07. The van der Waals surface area contributed by atoms with Crippen molar-refractivity contribution in [1.82, 2.24) is 10.2 Å². The minimum Gasteiger partial charge on any atom is -0.323 e. The SMILES string of the molecule is C[C@H]1CCCC[C@@]12NC(=O)N(Cc1ccc(C(=O)Nc3ccccc3)cc1)C2=O. The van der Waals surface area contributed by atoms with Gasteiger partial charge in [-0.05, 0) is 48.6 Å². The normalized spacial score (nSPS) is 23.9. The summed E-state index contributed by atoms with van der Waals surface area (Å²) in [5, 5.41) is 5.81. The van der Waals surface area contributed by atoms with Crippen molar-refractivity contribution in [2.24, 2.45) is 5.92 Å². The molecule has 1 saturated carbocycles. The van der Waals surface area contributed by atoms with Crippen LogP contribution in [0.5, 0.6) is 0 Å². The van der Waals surface area contributed by atoms with Crippen LogP contribution in [0.2, 0.25) is 0 Å². The van der Waals surface area contributed by atoms with Crippen molar-refractivity contribution in [2.75, 3.05) is 5.32 Å². The number of carbonyl (C=O) groups is 3. The predicted molar refractivity (Wildman–Crippen MR) is 110 cm³/mol. The summed E-state index contributed by atoms with van der Waals surface area (Å²) in [6.07, 6.45) is 3.70. The third kappa shape index (κ3) is 3.62. The van der Waals surface area contributed by atoms with E-state index in [0.717, 1.165) is 30.5 Å². The van der Waals surface area contributed by atoms with Gasteiger partial charge in [0.05, 0.1) is 6.54 Å². The van der Waals surface area contributed by atoms with E-state index in [2.05, 4.69) is 10.6 Å². The molecule has 1 saturated heterocycles. The number of nitrogens with one attached hydrogen (secondary N) is 2. The van der Waals surface area contributed by atoms with Crippen molar-refractivity contribution < 1.29 is 14.4 Å². The molecule has 0 bridgehead atoms. The van der Waals surface area contributed by atoms with Gasteiger partial charge in [0.1, 0.15) is 5.54 Å². The van der Waals surface area contributed by atoms with Crippen LogP contribution in [0, 0.1) is 5.92 Å². The van der Waals surface area contributed by atoms with Crippen molar-refractivity contribution in [1.29, 1.82) is 0 Å². The van der Waals surface area contributed by atoms with Crippen LogP contribution in [0.4, 0.5) is 10.5 Å². The van der Waals surface area contributed by atoms with Crippen LogP contribution in [0.1, 0.15) is 48.5 Å². The van der Waals surface area contributed by atoms with E-state index < -0.39 is 5.54 Å². The molecule has 6 heteroatoms. The lowest BCUT2D eigenvalue weighted by Gasteiger charge is -2.36. The highest BCUT2D eigenvalue weighted by atomic mass is 16.2. The number of carbonyl (C=O) groups excluding carboxylic acids is 3. The molecule has 2 aromatic rings. The van der Waals surface area contributed by atoms with Gasteiger partial charge in [0.25, 0.3) is 11.8 Å². The maximum Gasteiger partial charge on any atom is 0.325 e. The largest absolute Gasteiger partial charge is 0.325 e. The van der Waals surface area contributed by atoms with Gasteiger partial charge in [0, 0.05) is 11.3 Å². The number of urea groups is 1. The third-order valence-electron chi connectivity index (χ3n) is 6.09. The van der Waals surface area contributed by atoms with E-state index in [1.54, 1.807) is 24.3 Å². The molecule has 150 valence electrons. The van der Waals surface area contributed by atoms with Crippen LogP contribution in [0.25, 0.3) is 0 Å². The number of para-hydroxylation sites is 1. The summed E-state index contributed by atoms with van der Waals surface area (Å²) < 4.78 is 0. The van der Waals surface area contributed by atoms with Crippen LogP contribution in [-0.2, 0) is 11.3 Å². The molecule has 2 aliphatic rings. The lowest BCUT2D eigenvalue weighted by atomic mass is 9.73. The number of benzene rings is 2. The Morgan fingerprint density at radius 1 is 1.10 bits per heavy atom. The quantitative estimate of drug-likeness (QED) is 0.775. The molecule has 2 fully saturated rings. The highest BCUT2D eigenvalue weighted by Crippen LogP contribution is 2.38. The minimum absolute atomic E-state index is 0.124. The van der Waals surface area contributed by atoms with Gasteiger partial charge in [-0.25, -0.2) is 4.79 Å². The van der Waals surface area contributed by atoms with Crippen molar-refractivity contribution in [2.45, 2.75) is 44.7 Å². The number of nitrogens with zero attached hydrogens (tertiary/aromatic N) is 1. The molecule has 29 heavy (non-hydrogen) atoms. The maximum atomic E-state index is 13.1. The van der Waals surface area contributed by atoms with E-state index >= 15 is 0 Å². The first-order valence-corrected chi connectivity index (χ1v) is 10.1. The van der Waals surface area contributed by atoms with Crippen LogP contribution in [-0.4, -0.2) is 28.3 Å². The van der Waals surface area contributed by atoms with Gasteiger partial charge in [0.2, 0.25) is 0 Å². The molecule has 4 amide bonds. The molecular weight excluding hydrogens is 366 g/mol. The highest BCUT2D eigenvalue weighted by Gasteiger charge is 2.54. The molecule has 1 aliphatic carbocycles. The number of rotatable bonds is 4. The lowest BCUT2D eigenvalue weighted by molar-refractivity contribution is -0.134. The second-order valence-electron chi connectivity index (χ2n) is 7.96. The number of imide groups is 1. The smallest absolute Gasteiger partial charge is 0.323 e. The summed E-state index contributed by atoms with van der Waals surface area (Å²) in [5.74, 6) is -0.185. The zero-order chi connectivity index (χ0) is 20.4. The Bertz CT molecular complexity index is 926.